The second kappa shape index (κ2) is 6.73. The maximum absolute atomic E-state index is 12.1. The summed E-state index contributed by atoms with van der Waals surface area (Å²) in [6.07, 6.45) is 0. The Bertz CT molecular complexity index is 485. The number of benzene rings is 1. The summed E-state index contributed by atoms with van der Waals surface area (Å²) >= 11 is 11.6. The van der Waals surface area contributed by atoms with Crippen LogP contribution in [0.25, 0.3) is 0 Å². The number of halogens is 2. The van der Waals surface area contributed by atoms with Gasteiger partial charge in [-0.05, 0) is 23.8 Å². The number of aliphatic hydroxyl groups is 1. The lowest BCUT2D eigenvalue weighted by molar-refractivity contribution is 0.257. The summed E-state index contributed by atoms with van der Waals surface area (Å²) in [5.41, 5.74) is 0.531. The summed E-state index contributed by atoms with van der Waals surface area (Å²) in [5, 5.41) is 9.64. The van der Waals surface area contributed by atoms with Crippen molar-refractivity contribution < 1.29 is 13.5 Å². The topological polar surface area (TPSA) is 57.6 Å². The van der Waals surface area contributed by atoms with Crippen molar-refractivity contribution in [2.24, 2.45) is 0 Å². The van der Waals surface area contributed by atoms with Gasteiger partial charge in [-0.2, -0.15) is 4.31 Å². The fourth-order valence-electron chi connectivity index (χ4n) is 1.60. The molecule has 0 heterocycles. The monoisotopic (exact) mass is 311 g/mol. The van der Waals surface area contributed by atoms with Crippen LogP contribution < -0.4 is 0 Å². The highest BCUT2D eigenvalue weighted by atomic mass is 35.5. The van der Waals surface area contributed by atoms with Crippen molar-refractivity contribution >= 4 is 33.2 Å². The van der Waals surface area contributed by atoms with E-state index in [9.17, 15) is 8.42 Å². The predicted octanol–water partition coefficient (Wildman–Crippen LogP) is 2.14. The number of likely N-dealkylation sites (N-methyl/N-ethyl adjacent to an activating group) is 1. The maximum Gasteiger partial charge on any atom is 0.218 e. The molecule has 0 aliphatic rings. The molecule has 0 saturated carbocycles. The molecule has 1 N–H and O–H groups in total. The van der Waals surface area contributed by atoms with Crippen LogP contribution in [0.15, 0.2) is 18.2 Å². The second-order valence-electron chi connectivity index (χ2n) is 3.75. The Kier molecular flexibility index (Phi) is 5.88. The minimum absolute atomic E-state index is 0.0904. The van der Waals surface area contributed by atoms with E-state index in [0.29, 0.717) is 22.2 Å². The molecule has 0 amide bonds. The smallest absolute Gasteiger partial charge is 0.218 e. The lowest BCUT2D eigenvalue weighted by atomic mass is 10.2. The van der Waals surface area contributed by atoms with E-state index in [-0.39, 0.29) is 18.9 Å². The summed E-state index contributed by atoms with van der Waals surface area (Å²) in [7, 11) is -3.47. The van der Waals surface area contributed by atoms with Gasteiger partial charge in [0.2, 0.25) is 10.0 Å². The first kappa shape index (κ1) is 15.7. The van der Waals surface area contributed by atoms with Crippen LogP contribution in [-0.2, 0) is 15.8 Å². The van der Waals surface area contributed by atoms with Gasteiger partial charge in [-0.15, -0.1) is 0 Å². The third kappa shape index (κ3) is 4.40. The summed E-state index contributed by atoms with van der Waals surface area (Å²) in [6, 6.07) is 4.68. The molecule has 0 radical (unpaired) electrons. The molecule has 0 unspecified atom stereocenters. The standard InChI is InChI=1S/C11H15Cl2NO3S/c1-2-14(3-4-15)18(16,17)8-9-5-10(12)7-11(13)6-9/h5-7,15H,2-4,8H2,1H3. The highest BCUT2D eigenvalue weighted by molar-refractivity contribution is 7.88. The van der Waals surface area contributed by atoms with E-state index in [4.69, 9.17) is 28.3 Å². The molecule has 0 aliphatic carbocycles. The van der Waals surface area contributed by atoms with Crippen LogP contribution in [0.5, 0.6) is 0 Å². The lowest BCUT2D eigenvalue weighted by Crippen LogP contribution is -2.34. The highest BCUT2D eigenvalue weighted by Crippen LogP contribution is 2.21. The van der Waals surface area contributed by atoms with Gasteiger partial charge in [0, 0.05) is 23.1 Å². The predicted molar refractivity (Wildman–Crippen MR) is 73.4 cm³/mol. The molecule has 0 saturated heterocycles. The summed E-state index contributed by atoms with van der Waals surface area (Å²) in [4.78, 5) is 0. The van der Waals surface area contributed by atoms with Crippen LogP contribution in [0, 0.1) is 0 Å². The normalized spacial score (nSPS) is 12.1. The van der Waals surface area contributed by atoms with Crippen molar-refractivity contribution in [1.29, 1.82) is 0 Å². The molecule has 102 valence electrons. The van der Waals surface area contributed by atoms with Gasteiger partial charge in [0.15, 0.2) is 0 Å². The number of nitrogens with zero attached hydrogens (tertiary/aromatic N) is 1. The van der Waals surface area contributed by atoms with Crippen LogP contribution in [0.2, 0.25) is 10.0 Å². The van der Waals surface area contributed by atoms with Gasteiger partial charge in [0.25, 0.3) is 0 Å². The summed E-state index contributed by atoms with van der Waals surface area (Å²) in [5.74, 6) is -0.179. The van der Waals surface area contributed by atoms with E-state index in [1.807, 2.05) is 0 Å². The van der Waals surface area contributed by atoms with E-state index in [0.717, 1.165) is 0 Å². The average Bonchev–Trinajstić information content (AvgIpc) is 2.23. The molecule has 18 heavy (non-hydrogen) atoms. The van der Waals surface area contributed by atoms with E-state index < -0.39 is 10.0 Å². The zero-order valence-electron chi connectivity index (χ0n) is 9.94. The Balaban J connectivity index is 2.94. The number of rotatable bonds is 6. The molecule has 4 nitrogen and oxygen atoms in total. The molecule has 0 aromatic heterocycles. The van der Waals surface area contributed by atoms with Crippen molar-refractivity contribution in [3.8, 4) is 0 Å². The third-order valence-electron chi connectivity index (χ3n) is 2.37. The molecule has 1 aromatic rings. The number of aliphatic hydroxyl groups excluding tert-OH is 1. The van der Waals surface area contributed by atoms with E-state index in [1.165, 1.54) is 4.31 Å². The van der Waals surface area contributed by atoms with Crippen LogP contribution in [-0.4, -0.2) is 37.5 Å². The summed E-state index contributed by atoms with van der Waals surface area (Å²) in [6.45, 7) is 1.92. The van der Waals surface area contributed by atoms with Gasteiger partial charge in [-0.1, -0.05) is 30.1 Å². The van der Waals surface area contributed by atoms with Crippen LogP contribution in [0.1, 0.15) is 12.5 Å². The van der Waals surface area contributed by atoms with E-state index in [1.54, 1.807) is 25.1 Å². The Labute approximate surface area is 117 Å². The van der Waals surface area contributed by atoms with Crippen molar-refractivity contribution in [1.82, 2.24) is 4.31 Å². The maximum atomic E-state index is 12.1. The van der Waals surface area contributed by atoms with Gasteiger partial charge in [0.1, 0.15) is 0 Å². The SMILES string of the molecule is CCN(CCO)S(=O)(=O)Cc1cc(Cl)cc(Cl)c1. The molecule has 0 atom stereocenters. The highest BCUT2D eigenvalue weighted by Gasteiger charge is 2.20. The van der Waals surface area contributed by atoms with Gasteiger partial charge in [-0.25, -0.2) is 8.42 Å². The van der Waals surface area contributed by atoms with Crippen molar-refractivity contribution in [3.63, 3.8) is 0 Å². The molecular weight excluding hydrogens is 297 g/mol. The Hall–Kier alpha value is -0.330. The molecule has 0 aliphatic heterocycles. The van der Waals surface area contributed by atoms with Crippen LogP contribution >= 0.6 is 23.2 Å². The zero-order valence-corrected chi connectivity index (χ0v) is 12.3. The van der Waals surface area contributed by atoms with E-state index >= 15 is 0 Å². The Morgan fingerprint density at radius 1 is 1.22 bits per heavy atom. The average molecular weight is 312 g/mol. The Morgan fingerprint density at radius 2 is 1.78 bits per heavy atom. The Morgan fingerprint density at radius 3 is 2.22 bits per heavy atom. The first-order valence-corrected chi connectivity index (χ1v) is 7.79. The summed E-state index contributed by atoms with van der Waals surface area (Å²) < 4.78 is 25.4. The molecule has 0 bridgehead atoms. The number of hydrogen-bond acceptors (Lipinski definition) is 3. The van der Waals surface area contributed by atoms with E-state index in [2.05, 4.69) is 0 Å². The van der Waals surface area contributed by atoms with Crippen molar-refractivity contribution in [3.05, 3.63) is 33.8 Å². The van der Waals surface area contributed by atoms with Gasteiger partial charge < -0.3 is 5.11 Å². The second-order valence-corrected chi connectivity index (χ2v) is 6.59. The fourth-order valence-corrected chi connectivity index (χ4v) is 3.70. The van der Waals surface area contributed by atoms with Crippen LogP contribution in [0.3, 0.4) is 0 Å². The molecular formula is C11H15Cl2NO3S. The van der Waals surface area contributed by atoms with Crippen LogP contribution in [0.4, 0.5) is 0 Å². The first-order chi connectivity index (χ1) is 8.39. The quantitative estimate of drug-likeness (QED) is 0.875. The molecule has 1 rings (SSSR count). The van der Waals surface area contributed by atoms with Gasteiger partial charge >= 0.3 is 0 Å². The fraction of sp³-hybridized carbons (Fsp3) is 0.455. The van der Waals surface area contributed by atoms with Gasteiger partial charge in [0.05, 0.1) is 12.4 Å². The lowest BCUT2D eigenvalue weighted by Gasteiger charge is -2.19. The van der Waals surface area contributed by atoms with Crippen molar-refractivity contribution in [2.45, 2.75) is 12.7 Å². The first-order valence-electron chi connectivity index (χ1n) is 5.42. The number of hydrogen-bond donors (Lipinski definition) is 1. The zero-order chi connectivity index (χ0) is 13.8. The van der Waals surface area contributed by atoms with Gasteiger partial charge in [-0.3, -0.25) is 0 Å². The largest absolute Gasteiger partial charge is 0.395 e. The molecule has 0 fully saturated rings. The number of sulfonamides is 1. The molecule has 7 heteroatoms. The molecule has 0 spiro atoms. The third-order valence-corrected chi connectivity index (χ3v) is 4.73. The minimum Gasteiger partial charge on any atom is -0.395 e. The molecule has 1 aromatic carbocycles. The van der Waals surface area contributed by atoms with Crippen molar-refractivity contribution in [2.75, 3.05) is 19.7 Å². The minimum atomic E-state index is -3.47.